The number of unbranched alkanes of at least 4 members (excludes halogenated alkanes) is 1. The quantitative estimate of drug-likeness (QED) is 0.121. The Morgan fingerprint density at radius 3 is 1.86 bits per heavy atom. The van der Waals surface area contributed by atoms with Crippen molar-refractivity contribution >= 4 is 11.6 Å². The number of halogens is 10. The van der Waals surface area contributed by atoms with Crippen LogP contribution >= 0.6 is 11.6 Å². The van der Waals surface area contributed by atoms with Gasteiger partial charge in [0.1, 0.15) is 11.6 Å². The first kappa shape index (κ1) is 31.9. The van der Waals surface area contributed by atoms with Crippen LogP contribution in [0.4, 0.5) is 39.5 Å². The average molecular weight is 625 g/mol. The first-order valence-electron chi connectivity index (χ1n) is 13.3. The van der Waals surface area contributed by atoms with E-state index in [1.165, 1.54) is 0 Å². The highest BCUT2D eigenvalue weighted by Gasteiger charge is 2.41. The second-order valence-corrected chi connectivity index (χ2v) is 10.8. The molecule has 3 aromatic rings. The van der Waals surface area contributed by atoms with Gasteiger partial charge in [0, 0.05) is 41.9 Å². The fourth-order valence-corrected chi connectivity index (χ4v) is 5.39. The summed E-state index contributed by atoms with van der Waals surface area (Å²) in [6.45, 7) is -0.375. The van der Waals surface area contributed by atoms with Gasteiger partial charge in [-0.15, -0.1) is 8.78 Å². The molecular formula is C29H26ClF9N2O. The summed E-state index contributed by atoms with van der Waals surface area (Å²) >= 11 is 4.53. The Balaban J connectivity index is 1.45. The van der Waals surface area contributed by atoms with E-state index in [1.807, 2.05) is 0 Å². The van der Waals surface area contributed by atoms with E-state index in [0.29, 0.717) is 50.2 Å². The molecule has 0 aliphatic heterocycles. The van der Waals surface area contributed by atoms with Crippen LogP contribution in [0.15, 0.2) is 36.7 Å². The second-order valence-electron chi connectivity index (χ2n) is 10.4. The van der Waals surface area contributed by atoms with E-state index in [9.17, 15) is 30.7 Å². The maximum absolute atomic E-state index is 15.0. The summed E-state index contributed by atoms with van der Waals surface area (Å²) in [5, 5.41) is 0. The third kappa shape index (κ3) is 7.87. The van der Waals surface area contributed by atoms with E-state index < -0.39 is 64.0 Å². The van der Waals surface area contributed by atoms with Crippen LogP contribution < -0.4 is 4.74 Å². The molecule has 0 spiro atoms. The minimum atomic E-state index is -4.43. The Morgan fingerprint density at radius 1 is 0.786 bits per heavy atom. The molecule has 228 valence electrons. The molecule has 4 rings (SSSR count). The minimum absolute atomic E-state index is 0.127. The average Bonchev–Trinajstić information content (AvgIpc) is 2.90. The molecule has 42 heavy (non-hydrogen) atoms. The first-order valence-corrected chi connectivity index (χ1v) is 13.6. The molecule has 1 fully saturated rings. The number of hydrogen-bond donors (Lipinski definition) is 0. The van der Waals surface area contributed by atoms with Crippen LogP contribution in [0.1, 0.15) is 50.5 Å². The number of benzene rings is 2. The molecule has 13 heteroatoms. The minimum Gasteiger partial charge on any atom is -0.414 e. The van der Waals surface area contributed by atoms with Gasteiger partial charge in [-0.3, -0.25) is 4.39 Å². The Bertz CT molecular complexity index is 1330. The lowest BCUT2D eigenvalue weighted by Gasteiger charge is -2.33. The second kappa shape index (κ2) is 13.1. The third-order valence-corrected chi connectivity index (χ3v) is 7.47. The molecule has 1 saturated carbocycles. The molecule has 0 radical (unpaired) electrons. The largest absolute Gasteiger partial charge is 0.487 e. The third-order valence-electron chi connectivity index (χ3n) is 7.39. The van der Waals surface area contributed by atoms with E-state index in [2.05, 4.69) is 26.3 Å². The smallest absolute Gasteiger partial charge is 0.414 e. The van der Waals surface area contributed by atoms with E-state index in [-0.39, 0.29) is 23.6 Å². The number of hydrogen-bond acceptors (Lipinski definition) is 3. The van der Waals surface area contributed by atoms with Gasteiger partial charge in [0.2, 0.25) is 0 Å². The Kier molecular flexibility index (Phi) is 9.95. The van der Waals surface area contributed by atoms with Gasteiger partial charge in [0.15, 0.2) is 23.2 Å². The predicted molar refractivity (Wildman–Crippen MR) is 138 cm³/mol. The molecule has 1 aromatic heterocycles. The molecule has 0 N–H and O–H groups in total. The maximum atomic E-state index is 15.0. The van der Waals surface area contributed by atoms with Gasteiger partial charge in [-0.1, -0.05) is 12.8 Å². The molecular weight excluding hydrogens is 599 g/mol. The van der Waals surface area contributed by atoms with Gasteiger partial charge >= 0.3 is 5.57 Å². The summed E-state index contributed by atoms with van der Waals surface area (Å²) in [6.07, 6.45) is 5.78. The number of alkyl halides is 6. The summed E-state index contributed by atoms with van der Waals surface area (Å²) in [6, 6.07) is 2.35. The van der Waals surface area contributed by atoms with Gasteiger partial charge in [-0.2, -0.15) is 0 Å². The zero-order chi connectivity index (χ0) is 30.7. The summed E-state index contributed by atoms with van der Waals surface area (Å²) in [5.41, 5.74) is -5.99. The number of aromatic nitrogens is 2. The Morgan fingerprint density at radius 2 is 1.33 bits per heavy atom. The van der Waals surface area contributed by atoms with Crippen molar-refractivity contribution in [3.63, 3.8) is 0 Å². The summed E-state index contributed by atoms with van der Waals surface area (Å²) < 4.78 is 130. The van der Waals surface area contributed by atoms with Crippen molar-refractivity contribution in [2.45, 2.75) is 62.9 Å². The molecule has 1 aliphatic carbocycles. The van der Waals surface area contributed by atoms with Gasteiger partial charge in [-0.25, -0.2) is 36.3 Å². The SMILES string of the molecule is FCCCCC1CCC(C(F)(F)Cc2cnc(-c3cc(F)c(-c4cc(F)c(OC(F)(F)Cl)c(F)c4)c(F)c3)nc2)CC1. The summed E-state index contributed by atoms with van der Waals surface area (Å²) in [5.74, 6) is -11.1. The Labute approximate surface area is 241 Å². The Hall–Kier alpha value is -3.02. The molecule has 1 aliphatic rings. The molecule has 0 bridgehead atoms. The van der Waals surface area contributed by atoms with Crippen LogP contribution in [-0.2, 0) is 6.42 Å². The van der Waals surface area contributed by atoms with Crippen molar-refractivity contribution in [2.24, 2.45) is 11.8 Å². The van der Waals surface area contributed by atoms with Crippen LogP contribution in [0.25, 0.3) is 22.5 Å². The van der Waals surface area contributed by atoms with E-state index in [4.69, 9.17) is 0 Å². The van der Waals surface area contributed by atoms with Crippen molar-refractivity contribution in [1.82, 2.24) is 9.97 Å². The first-order chi connectivity index (χ1) is 19.8. The molecule has 0 unspecified atom stereocenters. The fourth-order valence-electron chi connectivity index (χ4n) is 5.31. The van der Waals surface area contributed by atoms with E-state index in [0.717, 1.165) is 37.4 Å². The van der Waals surface area contributed by atoms with Crippen LogP contribution in [-0.4, -0.2) is 28.1 Å². The number of rotatable bonds is 11. The molecule has 0 amide bonds. The van der Waals surface area contributed by atoms with Crippen molar-refractivity contribution in [2.75, 3.05) is 6.67 Å². The molecule has 0 atom stereocenters. The van der Waals surface area contributed by atoms with Crippen LogP contribution in [0.5, 0.6) is 5.75 Å². The lowest BCUT2D eigenvalue weighted by molar-refractivity contribution is -0.101. The van der Waals surface area contributed by atoms with Gasteiger partial charge in [-0.05, 0) is 73.4 Å². The summed E-state index contributed by atoms with van der Waals surface area (Å²) in [4.78, 5) is 7.92. The fraction of sp³-hybridized carbons (Fsp3) is 0.448. The van der Waals surface area contributed by atoms with Crippen molar-refractivity contribution in [3.05, 3.63) is 65.5 Å². The maximum Gasteiger partial charge on any atom is 0.487 e. The molecule has 2 aromatic carbocycles. The van der Waals surface area contributed by atoms with Crippen molar-refractivity contribution in [3.8, 4) is 28.3 Å². The van der Waals surface area contributed by atoms with Gasteiger partial charge in [0.25, 0.3) is 5.92 Å². The number of nitrogens with zero attached hydrogens (tertiary/aromatic N) is 2. The zero-order valence-corrected chi connectivity index (χ0v) is 22.8. The topological polar surface area (TPSA) is 35.0 Å². The zero-order valence-electron chi connectivity index (χ0n) is 22.1. The standard InChI is InChI=1S/C29H26ClF9N2O/c30-29(38,39)42-26-23(34)9-18(10-24(26)35)25-21(32)11-19(12-22(25)33)27-40-14-17(15-41-27)13-28(36,37)20-6-4-16(5-7-20)3-1-2-8-31/h9-12,14-16,20H,1-8,13H2. The monoisotopic (exact) mass is 624 g/mol. The van der Waals surface area contributed by atoms with E-state index >= 15 is 8.78 Å². The van der Waals surface area contributed by atoms with Crippen LogP contribution in [0, 0.1) is 35.1 Å². The highest BCUT2D eigenvalue weighted by Crippen LogP contribution is 2.42. The molecule has 1 heterocycles. The van der Waals surface area contributed by atoms with Crippen LogP contribution in [0.3, 0.4) is 0 Å². The lowest BCUT2D eigenvalue weighted by Crippen LogP contribution is -2.34. The highest BCUT2D eigenvalue weighted by molar-refractivity contribution is 6.20. The summed E-state index contributed by atoms with van der Waals surface area (Å²) in [7, 11) is 0. The normalized spacial score (nSPS) is 17.9. The van der Waals surface area contributed by atoms with Gasteiger partial charge in [0.05, 0.1) is 12.2 Å². The van der Waals surface area contributed by atoms with Crippen molar-refractivity contribution in [1.29, 1.82) is 0 Å². The molecule has 0 saturated heterocycles. The molecule has 3 nitrogen and oxygen atoms in total. The van der Waals surface area contributed by atoms with Gasteiger partial charge < -0.3 is 4.74 Å². The predicted octanol–water partition coefficient (Wildman–Crippen LogP) is 9.66. The highest BCUT2D eigenvalue weighted by atomic mass is 35.5. The number of ether oxygens (including phenoxy) is 1. The van der Waals surface area contributed by atoms with E-state index in [1.54, 1.807) is 0 Å². The lowest BCUT2D eigenvalue weighted by atomic mass is 9.76. The van der Waals surface area contributed by atoms with Crippen LogP contribution in [0.2, 0.25) is 0 Å². The van der Waals surface area contributed by atoms with Crippen molar-refractivity contribution < 1.29 is 44.3 Å².